The van der Waals surface area contributed by atoms with E-state index in [0.29, 0.717) is 5.56 Å². The van der Waals surface area contributed by atoms with E-state index < -0.39 is 0 Å². The molecule has 104 valence electrons. The minimum Gasteiger partial charge on any atom is -0.497 e. The van der Waals surface area contributed by atoms with Gasteiger partial charge in [0.15, 0.2) is 0 Å². The van der Waals surface area contributed by atoms with Crippen molar-refractivity contribution >= 4 is 0 Å². The van der Waals surface area contributed by atoms with E-state index in [-0.39, 0.29) is 5.56 Å². The van der Waals surface area contributed by atoms with Gasteiger partial charge in [0, 0.05) is 11.3 Å². The third-order valence-electron chi connectivity index (χ3n) is 3.40. The van der Waals surface area contributed by atoms with Crippen molar-refractivity contribution in [1.82, 2.24) is 4.98 Å². The molecule has 0 atom stereocenters. The second kappa shape index (κ2) is 5.67. The van der Waals surface area contributed by atoms with Crippen LogP contribution in [0.4, 0.5) is 0 Å². The molecule has 1 N–H and O–H groups in total. The van der Waals surface area contributed by atoms with Gasteiger partial charge in [-0.25, -0.2) is 0 Å². The first kappa shape index (κ1) is 13.2. The molecular weight excluding hydrogens is 262 g/mol. The molecule has 3 aromatic rings. The van der Waals surface area contributed by atoms with E-state index in [1.165, 1.54) is 0 Å². The van der Waals surface area contributed by atoms with Crippen LogP contribution in [0.3, 0.4) is 0 Å². The lowest BCUT2D eigenvalue weighted by molar-refractivity contribution is 0.415. The van der Waals surface area contributed by atoms with Crippen molar-refractivity contribution < 1.29 is 4.74 Å². The molecule has 0 radical (unpaired) electrons. The van der Waals surface area contributed by atoms with Crippen molar-refractivity contribution in [1.29, 1.82) is 0 Å². The summed E-state index contributed by atoms with van der Waals surface area (Å²) in [6.45, 7) is 0. The minimum absolute atomic E-state index is 0.0884. The first-order valence-electron chi connectivity index (χ1n) is 6.71. The monoisotopic (exact) mass is 277 g/mol. The van der Waals surface area contributed by atoms with Gasteiger partial charge in [0.05, 0.1) is 7.11 Å². The molecule has 1 heterocycles. The zero-order valence-electron chi connectivity index (χ0n) is 11.7. The van der Waals surface area contributed by atoms with Gasteiger partial charge in [0.2, 0.25) is 0 Å². The Morgan fingerprint density at radius 2 is 1.52 bits per heavy atom. The van der Waals surface area contributed by atoms with Gasteiger partial charge in [-0.1, -0.05) is 30.3 Å². The molecule has 0 aliphatic rings. The van der Waals surface area contributed by atoms with Crippen molar-refractivity contribution in [3.8, 4) is 28.1 Å². The smallest absolute Gasteiger partial charge is 0.256 e. The Kier molecular flexibility index (Phi) is 3.56. The number of aromatic amines is 1. The molecule has 0 aliphatic carbocycles. The second-order valence-corrected chi connectivity index (χ2v) is 4.71. The van der Waals surface area contributed by atoms with E-state index in [2.05, 4.69) is 4.98 Å². The summed E-state index contributed by atoms with van der Waals surface area (Å²) < 4.78 is 5.13. The number of H-pyrrole nitrogens is 1. The third kappa shape index (κ3) is 2.72. The molecular formula is C18H15NO2. The Labute approximate surface area is 122 Å². The van der Waals surface area contributed by atoms with Crippen molar-refractivity contribution in [3.05, 3.63) is 77.1 Å². The van der Waals surface area contributed by atoms with E-state index in [1.54, 1.807) is 7.11 Å². The number of methoxy groups -OCH3 is 1. The van der Waals surface area contributed by atoms with Crippen molar-refractivity contribution in [2.45, 2.75) is 0 Å². The van der Waals surface area contributed by atoms with Gasteiger partial charge < -0.3 is 9.72 Å². The molecule has 3 nitrogen and oxygen atoms in total. The van der Waals surface area contributed by atoms with E-state index in [1.807, 2.05) is 66.7 Å². The van der Waals surface area contributed by atoms with Crippen molar-refractivity contribution in [2.24, 2.45) is 0 Å². The fraction of sp³-hybridized carbons (Fsp3) is 0.0556. The molecule has 1 aromatic heterocycles. The lowest BCUT2D eigenvalue weighted by Crippen LogP contribution is -2.09. The molecule has 0 saturated heterocycles. The Morgan fingerprint density at radius 1 is 0.810 bits per heavy atom. The van der Waals surface area contributed by atoms with Gasteiger partial charge in [0.1, 0.15) is 5.75 Å². The predicted molar refractivity (Wildman–Crippen MR) is 84.5 cm³/mol. The fourth-order valence-corrected chi connectivity index (χ4v) is 2.26. The van der Waals surface area contributed by atoms with Crippen LogP contribution in [0.5, 0.6) is 5.75 Å². The molecule has 0 bridgehead atoms. The average molecular weight is 277 g/mol. The highest BCUT2D eigenvalue weighted by Crippen LogP contribution is 2.21. The quantitative estimate of drug-likeness (QED) is 0.792. The van der Waals surface area contributed by atoms with E-state index in [0.717, 1.165) is 22.6 Å². The molecule has 21 heavy (non-hydrogen) atoms. The highest BCUT2D eigenvalue weighted by atomic mass is 16.5. The van der Waals surface area contributed by atoms with Crippen LogP contribution in [-0.2, 0) is 0 Å². The van der Waals surface area contributed by atoms with Crippen LogP contribution in [0.2, 0.25) is 0 Å². The third-order valence-corrected chi connectivity index (χ3v) is 3.40. The van der Waals surface area contributed by atoms with Crippen LogP contribution in [0.1, 0.15) is 0 Å². The summed E-state index contributed by atoms with van der Waals surface area (Å²) in [5.41, 5.74) is 3.25. The molecule has 3 rings (SSSR count). The molecule has 0 saturated carbocycles. The largest absolute Gasteiger partial charge is 0.497 e. The number of nitrogens with one attached hydrogen (secondary N) is 1. The molecule has 0 unspecified atom stereocenters. The van der Waals surface area contributed by atoms with Crippen molar-refractivity contribution in [2.75, 3.05) is 7.11 Å². The summed E-state index contributed by atoms with van der Waals surface area (Å²) in [6, 6.07) is 21.0. The summed E-state index contributed by atoms with van der Waals surface area (Å²) in [5, 5.41) is 0. The zero-order chi connectivity index (χ0) is 14.7. The minimum atomic E-state index is -0.0884. The number of pyridine rings is 1. The Hall–Kier alpha value is -2.81. The van der Waals surface area contributed by atoms with Crippen LogP contribution in [0.25, 0.3) is 22.4 Å². The normalized spacial score (nSPS) is 10.3. The van der Waals surface area contributed by atoms with E-state index in [9.17, 15) is 4.79 Å². The van der Waals surface area contributed by atoms with Crippen molar-refractivity contribution in [3.63, 3.8) is 0 Å². The highest BCUT2D eigenvalue weighted by molar-refractivity contribution is 5.66. The standard InChI is InChI=1S/C18H15NO2/c1-21-15-9-7-14(8-10-15)17-12-11-16(18(20)19-17)13-5-3-2-4-6-13/h2-12H,1H3,(H,19,20). The average Bonchev–Trinajstić information content (AvgIpc) is 2.55. The highest BCUT2D eigenvalue weighted by Gasteiger charge is 2.05. The zero-order valence-corrected chi connectivity index (χ0v) is 11.7. The van der Waals surface area contributed by atoms with Gasteiger partial charge in [-0.2, -0.15) is 0 Å². The maximum Gasteiger partial charge on any atom is 0.256 e. The summed E-state index contributed by atoms with van der Waals surface area (Å²) in [4.78, 5) is 15.2. The number of hydrogen-bond acceptors (Lipinski definition) is 2. The first-order chi connectivity index (χ1) is 10.3. The van der Waals surface area contributed by atoms with Gasteiger partial charge >= 0.3 is 0 Å². The lowest BCUT2D eigenvalue weighted by atomic mass is 10.1. The number of benzene rings is 2. The summed E-state index contributed by atoms with van der Waals surface area (Å²) in [6.07, 6.45) is 0. The van der Waals surface area contributed by atoms with E-state index >= 15 is 0 Å². The van der Waals surface area contributed by atoms with Crippen LogP contribution in [0, 0.1) is 0 Å². The molecule has 0 aliphatic heterocycles. The summed E-state index contributed by atoms with van der Waals surface area (Å²) in [5.74, 6) is 0.794. The number of ether oxygens (including phenoxy) is 1. The molecule has 0 fully saturated rings. The van der Waals surface area contributed by atoms with Gasteiger partial charge in [-0.05, 0) is 47.5 Å². The molecule has 0 amide bonds. The topological polar surface area (TPSA) is 42.1 Å². The van der Waals surface area contributed by atoms with Gasteiger partial charge in [0.25, 0.3) is 5.56 Å². The van der Waals surface area contributed by atoms with Crippen LogP contribution < -0.4 is 10.3 Å². The Balaban J connectivity index is 1.99. The number of hydrogen-bond donors (Lipinski definition) is 1. The predicted octanol–water partition coefficient (Wildman–Crippen LogP) is 3.72. The molecule has 0 spiro atoms. The SMILES string of the molecule is COc1ccc(-c2ccc(-c3ccccc3)c(=O)[nH]2)cc1. The number of aromatic nitrogens is 1. The Morgan fingerprint density at radius 3 is 2.14 bits per heavy atom. The number of rotatable bonds is 3. The van der Waals surface area contributed by atoms with Gasteiger partial charge in [-0.3, -0.25) is 4.79 Å². The first-order valence-corrected chi connectivity index (χ1v) is 6.71. The fourth-order valence-electron chi connectivity index (χ4n) is 2.26. The van der Waals surface area contributed by atoms with Gasteiger partial charge in [-0.15, -0.1) is 0 Å². The Bertz CT molecular complexity index is 789. The lowest BCUT2D eigenvalue weighted by Gasteiger charge is -2.06. The maximum absolute atomic E-state index is 12.3. The summed E-state index contributed by atoms with van der Waals surface area (Å²) >= 11 is 0. The second-order valence-electron chi connectivity index (χ2n) is 4.71. The van der Waals surface area contributed by atoms with Crippen LogP contribution in [-0.4, -0.2) is 12.1 Å². The van der Waals surface area contributed by atoms with Crippen LogP contribution >= 0.6 is 0 Å². The molecule has 3 heteroatoms. The van der Waals surface area contributed by atoms with Crippen LogP contribution in [0.15, 0.2) is 71.5 Å². The summed E-state index contributed by atoms with van der Waals surface area (Å²) in [7, 11) is 1.63. The van der Waals surface area contributed by atoms with E-state index in [4.69, 9.17) is 4.74 Å². The molecule has 2 aromatic carbocycles. The maximum atomic E-state index is 12.3.